The molecule has 1 fully saturated rings. The molecule has 0 aliphatic carbocycles. The highest BCUT2D eigenvalue weighted by Gasteiger charge is 2.25. The topological polar surface area (TPSA) is 34.4 Å². The fraction of sp³-hybridized carbons (Fsp3) is 0.636. The van der Waals surface area contributed by atoms with Crippen LogP contribution in [0.4, 0.5) is 0 Å². The third-order valence-electron chi connectivity index (χ3n) is 2.88. The van der Waals surface area contributed by atoms with E-state index in [1.54, 1.807) is 12.5 Å². The van der Waals surface area contributed by atoms with Crippen molar-refractivity contribution in [2.75, 3.05) is 6.61 Å². The van der Waals surface area contributed by atoms with Crippen molar-refractivity contribution in [1.29, 1.82) is 0 Å². The SMILES string of the molecule is CC(NC1CCOC1C)c1ccoc1. The molecular formula is C11H17NO2. The summed E-state index contributed by atoms with van der Waals surface area (Å²) in [5, 5.41) is 3.55. The summed E-state index contributed by atoms with van der Waals surface area (Å²) in [6.45, 7) is 5.14. The zero-order valence-corrected chi connectivity index (χ0v) is 8.69. The molecule has 0 aromatic carbocycles. The smallest absolute Gasteiger partial charge is 0.0950 e. The van der Waals surface area contributed by atoms with Gasteiger partial charge in [0.1, 0.15) is 0 Å². The monoisotopic (exact) mass is 195 g/mol. The Bertz CT molecular complexity index is 271. The van der Waals surface area contributed by atoms with E-state index in [1.807, 2.05) is 6.07 Å². The molecule has 3 atom stereocenters. The van der Waals surface area contributed by atoms with E-state index >= 15 is 0 Å². The molecule has 14 heavy (non-hydrogen) atoms. The maximum atomic E-state index is 5.50. The van der Waals surface area contributed by atoms with Crippen LogP contribution < -0.4 is 5.32 Å². The predicted octanol–water partition coefficient (Wildman–Crippen LogP) is 2.11. The molecule has 3 heteroatoms. The minimum Gasteiger partial charge on any atom is -0.472 e. The normalized spacial score (nSPS) is 29.3. The number of rotatable bonds is 3. The Kier molecular flexibility index (Phi) is 2.89. The summed E-state index contributed by atoms with van der Waals surface area (Å²) in [5.41, 5.74) is 1.20. The van der Waals surface area contributed by atoms with Crippen LogP contribution >= 0.6 is 0 Å². The number of hydrogen-bond donors (Lipinski definition) is 1. The van der Waals surface area contributed by atoms with Crippen LogP contribution in [0.25, 0.3) is 0 Å². The van der Waals surface area contributed by atoms with E-state index in [4.69, 9.17) is 9.15 Å². The Morgan fingerprint density at radius 2 is 2.43 bits per heavy atom. The van der Waals surface area contributed by atoms with Gasteiger partial charge in [0.05, 0.1) is 18.6 Å². The molecule has 0 saturated carbocycles. The first kappa shape index (κ1) is 9.74. The van der Waals surface area contributed by atoms with Crippen molar-refractivity contribution in [1.82, 2.24) is 5.32 Å². The third-order valence-corrected chi connectivity index (χ3v) is 2.88. The van der Waals surface area contributed by atoms with Crippen molar-refractivity contribution < 1.29 is 9.15 Å². The molecule has 1 N–H and O–H groups in total. The van der Waals surface area contributed by atoms with Gasteiger partial charge in [-0.15, -0.1) is 0 Å². The molecule has 0 spiro atoms. The van der Waals surface area contributed by atoms with E-state index in [1.165, 1.54) is 5.56 Å². The Labute approximate surface area is 84.4 Å². The zero-order chi connectivity index (χ0) is 9.97. The van der Waals surface area contributed by atoms with Crippen LogP contribution in [-0.4, -0.2) is 18.8 Å². The van der Waals surface area contributed by atoms with Crippen LogP contribution in [0, 0.1) is 0 Å². The second-order valence-electron chi connectivity index (χ2n) is 3.92. The van der Waals surface area contributed by atoms with Gasteiger partial charge in [-0.2, -0.15) is 0 Å². The van der Waals surface area contributed by atoms with Gasteiger partial charge in [-0.25, -0.2) is 0 Å². The lowest BCUT2D eigenvalue weighted by molar-refractivity contribution is 0.111. The molecule has 1 aliphatic heterocycles. The maximum Gasteiger partial charge on any atom is 0.0950 e. The highest BCUT2D eigenvalue weighted by atomic mass is 16.5. The van der Waals surface area contributed by atoms with E-state index in [9.17, 15) is 0 Å². The van der Waals surface area contributed by atoms with Gasteiger partial charge in [0.15, 0.2) is 0 Å². The summed E-state index contributed by atoms with van der Waals surface area (Å²) < 4.78 is 10.6. The summed E-state index contributed by atoms with van der Waals surface area (Å²) in [5.74, 6) is 0. The minimum absolute atomic E-state index is 0.323. The first-order chi connectivity index (χ1) is 6.77. The molecule has 2 heterocycles. The lowest BCUT2D eigenvalue weighted by Crippen LogP contribution is -2.36. The second-order valence-corrected chi connectivity index (χ2v) is 3.92. The van der Waals surface area contributed by atoms with Crippen LogP contribution in [0.2, 0.25) is 0 Å². The number of hydrogen-bond acceptors (Lipinski definition) is 3. The second kappa shape index (κ2) is 4.15. The molecule has 3 unspecified atom stereocenters. The molecule has 0 radical (unpaired) electrons. The van der Waals surface area contributed by atoms with Crippen molar-refractivity contribution in [3.05, 3.63) is 24.2 Å². The number of nitrogens with one attached hydrogen (secondary N) is 1. The van der Waals surface area contributed by atoms with Gasteiger partial charge < -0.3 is 14.5 Å². The molecule has 1 aromatic heterocycles. The highest BCUT2D eigenvalue weighted by Crippen LogP contribution is 2.19. The Balaban J connectivity index is 1.91. The fourth-order valence-corrected chi connectivity index (χ4v) is 1.89. The maximum absolute atomic E-state index is 5.50. The van der Waals surface area contributed by atoms with Gasteiger partial charge in [-0.1, -0.05) is 0 Å². The lowest BCUT2D eigenvalue weighted by atomic mass is 10.1. The van der Waals surface area contributed by atoms with Crippen molar-refractivity contribution in [2.24, 2.45) is 0 Å². The average Bonchev–Trinajstić information content (AvgIpc) is 2.77. The summed E-state index contributed by atoms with van der Waals surface area (Å²) in [4.78, 5) is 0. The molecule has 0 bridgehead atoms. The van der Waals surface area contributed by atoms with Crippen LogP contribution in [0.5, 0.6) is 0 Å². The summed E-state index contributed by atoms with van der Waals surface area (Å²) in [6, 6.07) is 2.81. The molecule has 2 rings (SSSR count). The first-order valence-electron chi connectivity index (χ1n) is 5.17. The molecule has 1 aromatic rings. The molecule has 1 saturated heterocycles. The Morgan fingerprint density at radius 3 is 3.00 bits per heavy atom. The molecule has 0 amide bonds. The van der Waals surface area contributed by atoms with E-state index < -0.39 is 0 Å². The standard InChI is InChI=1S/C11H17NO2/c1-8(10-3-5-13-7-10)12-11-4-6-14-9(11)2/h3,5,7-9,11-12H,4,6H2,1-2H3. The van der Waals surface area contributed by atoms with Crippen molar-refractivity contribution in [2.45, 2.75) is 38.5 Å². The summed E-state index contributed by atoms with van der Waals surface area (Å²) >= 11 is 0. The predicted molar refractivity (Wildman–Crippen MR) is 54.1 cm³/mol. The van der Waals surface area contributed by atoms with E-state index in [0.717, 1.165) is 13.0 Å². The van der Waals surface area contributed by atoms with Gasteiger partial charge in [0.2, 0.25) is 0 Å². The van der Waals surface area contributed by atoms with Crippen molar-refractivity contribution in [3.63, 3.8) is 0 Å². The largest absolute Gasteiger partial charge is 0.472 e. The van der Waals surface area contributed by atoms with Crippen LogP contribution in [-0.2, 0) is 4.74 Å². The number of ether oxygens (including phenoxy) is 1. The highest BCUT2D eigenvalue weighted by molar-refractivity contribution is 5.10. The summed E-state index contributed by atoms with van der Waals surface area (Å²) in [6.07, 6.45) is 4.92. The molecule has 3 nitrogen and oxygen atoms in total. The van der Waals surface area contributed by atoms with E-state index in [-0.39, 0.29) is 0 Å². The molecular weight excluding hydrogens is 178 g/mol. The van der Waals surface area contributed by atoms with E-state index in [2.05, 4.69) is 19.2 Å². The number of furan rings is 1. The quantitative estimate of drug-likeness (QED) is 0.802. The van der Waals surface area contributed by atoms with Gasteiger partial charge in [-0.3, -0.25) is 0 Å². The van der Waals surface area contributed by atoms with Gasteiger partial charge in [0.25, 0.3) is 0 Å². The Morgan fingerprint density at radius 1 is 1.57 bits per heavy atom. The van der Waals surface area contributed by atoms with Crippen LogP contribution in [0.1, 0.15) is 31.9 Å². The van der Waals surface area contributed by atoms with Gasteiger partial charge in [0, 0.05) is 24.3 Å². The average molecular weight is 195 g/mol. The van der Waals surface area contributed by atoms with E-state index in [0.29, 0.717) is 18.2 Å². The first-order valence-corrected chi connectivity index (χ1v) is 5.17. The minimum atomic E-state index is 0.323. The van der Waals surface area contributed by atoms with Crippen LogP contribution in [0.15, 0.2) is 23.0 Å². The Hall–Kier alpha value is -0.800. The molecule has 78 valence electrons. The van der Waals surface area contributed by atoms with Crippen molar-refractivity contribution in [3.8, 4) is 0 Å². The molecule has 1 aliphatic rings. The zero-order valence-electron chi connectivity index (χ0n) is 8.69. The van der Waals surface area contributed by atoms with Gasteiger partial charge >= 0.3 is 0 Å². The lowest BCUT2D eigenvalue weighted by Gasteiger charge is -2.20. The summed E-state index contributed by atoms with van der Waals surface area (Å²) in [7, 11) is 0. The van der Waals surface area contributed by atoms with Crippen LogP contribution in [0.3, 0.4) is 0 Å². The van der Waals surface area contributed by atoms with Gasteiger partial charge in [-0.05, 0) is 26.3 Å². The fourth-order valence-electron chi connectivity index (χ4n) is 1.89. The third kappa shape index (κ3) is 1.99. The van der Waals surface area contributed by atoms with Crippen molar-refractivity contribution >= 4 is 0 Å².